The number of amides is 1. The van der Waals surface area contributed by atoms with Crippen LogP contribution in [0.3, 0.4) is 0 Å². The summed E-state index contributed by atoms with van der Waals surface area (Å²) in [6.45, 7) is 5.87. The van der Waals surface area contributed by atoms with Crippen molar-refractivity contribution in [3.63, 3.8) is 0 Å². The zero-order valence-electron chi connectivity index (χ0n) is 14.7. The third kappa shape index (κ3) is 4.70. The molecule has 24 heavy (non-hydrogen) atoms. The van der Waals surface area contributed by atoms with Gasteiger partial charge in [-0.15, -0.1) is 0 Å². The number of allylic oxidation sites excluding steroid dienone is 2. The first-order valence-electron chi connectivity index (χ1n) is 8.59. The van der Waals surface area contributed by atoms with Crippen LogP contribution in [0.25, 0.3) is 0 Å². The van der Waals surface area contributed by atoms with E-state index in [1.165, 1.54) is 5.56 Å². The topological polar surface area (TPSA) is 69.2 Å². The summed E-state index contributed by atoms with van der Waals surface area (Å²) in [4.78, 5) is 24.0. The molecule has 0 aromatic heterocycles. The van der Waals surface area contributed by atoms with Crippen LogP contribution in [0.2, 0.25) is 0 Å². The highest BCUT2D eigenvalue weighted by Crippen LogP contribution is 2.34. The van der Waals surface area contributed by atoms with E-state index in [0.717, 1.165) is 24.0 Å². The molecule has 0 saturated heterocycles. The van der Waals surface area contributed by atoms with E-state index < -0.39 is 17.8 Å². The fourth-order valence-electron chi connectivity index (χ4n) is 3.27. The zero-order valence-corrected chi connectivity index (χ0v) is 14.7. The lowest BCUT2D eigenvalue weighted by Crippen LogP contribution is -2.46. The third-order valence-electron chi connectivity index (χ3n) is 5.00. The number of nitrogens with one attached hydrogen (secondary N) is 1. The first-order valence-corrected chi connectivity index (χ1v) is 8.59. The summed E-state index contributed by atoms with van der Waals surface area (Å²) in [5, 5.41) is 14.4. The SMILES string of the molecule is CC1=C(C)C[C@H](C(=O)N[C@@H](C)CCc2ccccc2)[C@@H](C(=O)[O-])C1. The van der Waals surface area contributed by atoms with Gasteiger partial charge in [0, 0.05) is 23.8 Å². The quantitative estimate of drug-likeness (QED) is 0.814. The zero-order chi connectivity index (χ0) is 17.7. The van der Waals surface area contributed by atoms with Gasteiger partial charge in [0.2, 0.25) is 5.91 Å². The molecule has 1 N–H and O–H groups in total. The molecule has 0 spiro atoms. The molecule has 1 aromatic carbocycles. The van der Waals surface area contributed by atoms with Crippen LogP contribution in [-0.2, 0) is 16.0 Å². The molecular formula is C20H26NO3-. The van der Waals surface area contributed by atoms with E-state index in [4.69, 9.17) is 0 Å². The Morgan fingerprint density at radius 1 is 1.12 bits per heavy atom. The molecule has 0 aliphatic heterocycles. The van der Waals surface area contributed by atoms with Crippen molar-refractivity contribution in [3.8, 4) is 0 Å². The number of hydrogen-bond donors (Lipinski definition) is 1. The number of carboxylic acid groups (broad SMARTS) is 1. The number of rotatable bonds is 6. The number of carboxylic acids is 1. The van der Waals surface area contributed by atoms with Gasteiger partial charge in [0.25, 0.3) is 0 Å². The van der Waals surface area contributed by atoms with Gasteiger partial charge in [0.1, 0.15) is 0 Å². The summed E-state index contributed by atoms with van der Waals surface area (Å²) in [5.74, 6) is -2.55. The summed E-state index contributed by atoms with van der Waals surface area (Å²) in [7, 11) is 0. The van der Waals surface area contributed by atoms with Crippen LogP contribution >= 0.6 is 0 Å². The molecule has 0 fully saturated rings. The van der Waals surface area contributed by atoms with Gasteiger partial charge < -0.3 is 15.2 Å². The Morgan fingerprint density at radius 3 is 2.29 bits per heavy atom. The van der Waals surface area contributed by atoms with Gasteiger partial charge >= 0.3 is 0 Å². The summed E-state index contributed by atoms with van der Waals surface area (Å²) in [6, 6.07) is 10.1. The van der Waals surface area contributed by atoms with Crippen molar-refractivity contribution in [1.29, 1.82) is 0 Å². The summed E-state index contributed by atoms with van der Waals surface area (Å²) >= 11 is 0. The second-order valence-corrected chi connectivity index (χ2v) is 6.93. The average molecular weight is 328 g/mol. The average Bonchev–Trinajstić information content (AvgIpc) is 2.55. The van der Waals surface area contributed by atoms with Gasteiger partial charge in [0.15, 0.2) is 0 Å². The standard InChI is InChI=1S/C20H27NO3/c1-13-11-17(18(20(23)24)12-14(13)2)19(22)21-15(3)9-10-16-7-5-4-6-8-16/h4-8,15,17-18H,9-12H2,1-3H3,(H,21,22)(H,23,24)/p-1/t15-,17-,18-/m0/s1. The third-order valence-corrected chi connectivity index (χ3v) is 5.00. The summed E-state index contributed by atoms with van der Waals surface area (Å²) in [6.07, 6.45) is 2.62. The highest BCUT2D eigenvalue weighted by molar-refractivity contribution is 5.85. The second kappa shape index (κ2) is 8.13. The van der Waals surface area contributed by atoms with Crippen LogP contribution in [0.4, 0.5) is 0 Å². The van der Waals surface area contributed by atoms with Gasteiger partial charge in [0.05, 0.1) is 0 Å². The van der Waals surface area contributed by atoms with Crippen LogP contribution in [0.5, 0.6) is 0 Å². The molecule has 2 rings (SSSR count). The van der Waals surface area contributed by atoms with Crippen molar-refractivity contribution in [3.05, 3.63) is 47.0 Å². The van der Waals surface area contributed by atoms with Gasteiger partial charge in [-0.1, -0.05) is 41.5 Å². The van der Waals surface area contributed by atoms with E-state index in [0.29, 0.717) is 12.8 Å². The maximum absolute atomic E-state index is 12.6. The monoisotopic (exact) mass is 328 g/mol. The van der Waals surface area contributed by atoms with Gasteiger partial charge in [-0.3, -0.25) is 4.79 Å². The molecule has 1 aliphatic rings. The van der Waals surface area contributed by atoms with Gasteiger partial charge in [-0.25, -0.2) is 0 Å². The Labute approximate surface area is 144 Å². The minimum Gasteiger partial charge on any atom is -0.550 e. The predicted octanol–water partition coefficient (Wildman–Crippen LogP) is 2.24. The number of carbonyl (C=O) groups excluding carboxylic acids is 2. The van der Waals surface area contributed by atoms with Gasteiger partial charge in [-0.05, 0) is 52.0 Å². The minimum atomic E-state index is -1.13. The molecule has 4 heteroatoms. The molecule has 0 radical (unpaired) electrons. The molecular weight excluding hydrogens is 302 g/mol. The van der Waals surface area contributed by atoms with Crippen molar-refractivity contribution < 1.29 is 14.7 Å². The lowest BCUT2D eigenvalue weighted by Gasteiger charge is -2.33. The van der Waals surface area contributed by atoms with Crippen molar-refractivity contribution in [1.82, 2.24) is 5.32 Å². The van der Waals surface area contributed by atoms with E-state index in [1.54, 1.807) is 0 Å². The van der Waals surface area contributed by atoms with Crippen LogP contribution in [0.15, 0.2) is 41.5 Å². The number of hydrogen-bond acceptors (Lipinski definition) is 3. The van der Waals surface area contributed by atoms with Gasteiger partial charge in [-0.2, -0.15) is 0 Å². The summed E-state index contributed by atoms with van der Waals surface area (Å²) < 4.78 is 0. The molecule has 3 atom stereocenters. The summed E-state index contributed by atoms with van der Waals surface area (Å²) in [5.41, 5.74) is 3.41. The first kappa shape index (κ1) is 18.2. The number of aryl methyl sites for hydroxylation is 1. The molecule has 1 aliphatic carbocycles. The largest absolute Gasteiger partial charge is 0.550 e. The lowest BCUT2D eigenvalue weighted by atomic mass is 9.76. The lowest BCUT2D eigenvalue weighted by molar-refractivity contribution is -0.313. The van der Waals surface area contributed by atoms with Crippen LogP contribution in [0.1, 0.15) is 45.6 Å². The molecule has 1 aromatic rings. The number of benzene rings is 1. The molecule has 0 saturated carbocycles. The Morgan fingerprint density at radius 2 is 1.71 bits per heavy atom. The van der Waals surface area contributed by atoms with E-state index in [9.17, 15) is 14.7 Å². The van der Waals surface area contributed by atoms with Crippen LogP contribution in [0, 0.1) is 11.8 Å². The van der Waals surface area contributed by atoms with Crippen molar-refractivity contribution in [2.45, 2.75) is 52.5 Å². The highest BCUT2D eigenvalue weighted by Gasteiger charge is 2.33. The molecule has 1 amide bonds. The number of carbonyl (C=O) groups is 2. The van der Waals surface area contributed by atoms with E-state index >= 15 is 0 Å². The fourth-order valence-corrected chi connectivity index (χ4v) is 3.27. The normalized spacial score (nSPS) is 22.1. The maximum Gasteiger partial charge on any atom is 0.224 e. The molecule has 0 unspecified atom stereocenters. The maximum atomic E-state index is 12.6. The smallest absolute Gasteiger partial charge is 0.224 e. The van der Waals surface area contributed by atoms with E-state index in [2.05, 4.69) is 17.4 Å². The Balaban J connectivity index is 1.93. The Hall–Kier alpha value is -2.10. The predicted molar refractivity (Wildman–Crippen MR) is 92.0 cm³/mol. The van der Waals surface area contributed by atoms with Crippen molar-refractivity contribution in [2.24, 2.45) is 11.8 Å². The first-order chi connectivity index (χ1) is 11.4. The molecule has 130 valence electrons. The van der Waals surface area contributed by atoms with Crippen molar-refractivity contribution in [2.75, 3.05) is 0 Å². The number of aliphatic carboxylic acids is 1. The van der Waals surface area contributed by atoms with Crippen LogP contribution in [-0.4, -0.2) is 17.9 Å². The van der Waals surface area contributed by atoms with Crippen LogP contribution < -0.4 is 10.4 Å². The molecule has 4 nitrogen and oxygen atoms in total. The fraction of sp³-hybridized carbons (Fsp3) is 0.500. The van der Waals surface area contributed by atoms with E-state index in [-0.39, 0.29) is 11.9 Å². The molecule has 0 heterocycles. The molecule has 0 bridgehead atoms. The van der Waals surface area contributed by atoms with E-state index in [1.807, 2.05) is 39.0 Å². The Bertz CT molecular complexity index is 621. The Kier molecular flexibility index (Phi) is 6.18. The highest BCUT2D eigenvalue weighted by atomic mass is 16.4. The minimum absolute atomic E-state index is 0.00687. The van der Waals surface area contributed by atoms with Crippen molar-refractivity contribution >= 4 is 11.9 Å². The second-order valence-electron chi connectivity index (χ2n) is 6.93.